The molecule has 0 radical (unpaired) electrons. The molecular weight excluding hydrogens is 685 g/mol. The normalized spacial score (nSPS) is 21.8. The van der Waals surface area contributed by atoms with Gasteiger partial charge in [-0.3, -0.25) is 4.79 Å². The average molecular weight is 769 g/mol. The molecule has 1 N–H and O–H groups in total. The van der Waals surface area contributed by atoms with Crippen LogP contribution < -0.4 is 0 Å². The Labute approximate surface area is 327 Å². The molecule has 0 aromatic heterocycles. The predicted octanol–water partition coefficient (Wildman–Crippen LogP) is 11.7. The zero-order valence-corrected chi connectivity index (χ0v) is 36.8. The Balaban J connectivity index is 2.77. The molecule has 312 valence electrons. The molecule has 1 saturated heterocycles. The number of esters is 1. The molecule has 8 nitrogen and oxygen atoms in total. The molecule has 0 aromatic rings. The summed E-state index contributed by atoms with van der Waals surface area (Å²) in [5.41, 5.74) is 0. The Morgan fingerprint density at radius 3 is 1.96 bits per heavy atom. The van der Waals surface area contributed by atoms with Crippen molar-refractivity contribution in [1.82, 2.24) is 0 Å². The molecule has 9 heteroatoms. The molecule has 1 heterocycles. The van der Waals surface area contributed by atoms with Gasteiger partial charge in [-0.1, -0.05) is 136 Å². The smallest absolute Gasteiger partial charge is 0.306 e. The summed E-state index contributed by atoms with van der Waals surface area (Å²) in [5, 5.41) is 11.7. The largest absolute Gasteiger partial charge is 0.469 e. The van der Waals surface area contributed by atoms with Crippen LogP contribution in [0.2, 0.25) is 18.1 Å². The molecular formula is C44H84O8Si. The molecule has 1 aliphatic heterocycles. The Morgan fingerprint density at radius 1 is 0.811 bits per heavy atom. The molecule has 0 aliphatic carbocycles. The quantitative estimate of drug-likeness (QED) is 0.0238. The Hall–Kier alpha value is -1.23. The molecule has 0 saturated carbocycles. The average Bonchev–Trinajstić information content (AvgIpc) is 3.12. The predicted molar refractivity (Wildman–Crippen MR) is 222 cm³/mol. The first-order valence-corrected chi connectivity index (χ1v) is 24.6. The first kappa shape index (κ1) is 49.8. The number of rotatable bonds is 32. The van der Waals surface area contributed by atoms with Gasteiger partial charge in [-0.2, -0.15) is 0 Å². The van der Waals surface area contributed by atoms with Crippen molar-refractivity contribution >= 4 is 14.3 Å². The van der Waals surface area contributed by atoms with E-state index in [-0.39, 0.29) is 23.7 Å². The van der Waals surface area contributed by atoms with Crippen LogP contribution in [0.3, 0.4) is 0 Å². The van der Waals surface area contributed by atoms with E-state index >= 15 is 0 Å². The third-order valence-corrected chi connectivity index (χ3v) is 15.5. The first-order valence-electron chi connectivity index (χ1n) is 21.6. The summed E-state index contributed by atoms with van der Waals surface area (Å²) in [6, 6.07) is 0. The number of unbranched alkanes of at least 4 members (excludes halogenated alkanes) is 15. The van der Waals surface area contributed by atoms with Gasteiger partial charge in [-0.25, -0.2) is 0 Å². The summed E-state index contributed by atoms with van der Waals surface area (Å²) in [7, 11) is -0.386. The molecule has 1 aliphatic rings. The van der Waals surface area contributed by atoms with Gasteiger partial charge in [0.2, 0.25) is 6.29 Å². The molecule has 0 amide bonds. The van der Waals surface area contributed by atoms with E-state index in [1.807, 2.05) is 6.92 Å². The minimum absolute atomic E-state index is 0.00230. The van der Waals surface area contributed by atoms with Crippen LogP contribution in [0.5, 0.6) is 0 Å². The van der Waals surface area contributed by atoms with E-state index in [1.165, 1.54) is 96.2 Å². The highest BCUT2D eigenvalue weighted by Gasteiger charge is 2.50. The maximum absolute atomic E-state index is 13.3. The Bertz CT molecular complexity index is 948. The lowest BCUT2D eigenvalue weighted by Crippen LogP contribution is -2.62. The number of carbonyl (C=O) groups is 1. The van der Waals surface area contributed by atoms with Crippen molar-refractivity contribution in [3.8, 4) is 0 Å². The van der Waals surface area contributed by atoms with E-state index < -0.39 is 39.0 Å². The molecule has 1 rings (SSSR count). The second kappa shape index (κ2) is 30.0. The number of aliphatic hydroxyl groups is 1. The van der Waals surface area contributed by atoms with E-state index in [9.17, 15) is 9.90 Å². The lowest BCUT2D eigenvalue weighted by molar-refractivity contribution is -0.298. The second-order valence-corrected chi connectivity index (χ2v) is 21.5. The number of hydrogen-bond acceptors (Lipinski definition) is 8. The molecule has 0 spiro atoms. The van der Waals surface area contributed by atoms with E-state index in [0.717, 1.165) is 32.1 Å². The van der Waals surface area contributed by atoms with Crippen LogP contribution in [0.1, 0.15) is 176 Å². The van der Waals surface area contributed by atoms with Crippen molar-refractivity contribution in [2.45, 2.75) is 231 Å². The monoisotopic (exact) mass is 769 g/mol. The molecule has 0 unspecified atom stereocenters. The van der Waals surface area contributed by atoms with Gasteiger partial charge in [0.15, 0.2) is 14.4 Å². The van der Waals surface area contributed by atoms with E-state index in [2.05, 4.69) is 59.9 Å². The summed E-state index contributed by atoms with van der Waals surface area (Å²) in [5.74, 6) is -0.326. The van der Waals surface area contributed by atoms with Crippen LogP contribution in [0, 0.1) is 0 Å². The van der Waals surface area contributed by atoms with Crippen LogP contribution in [0.25, 0.3) is 0 Å². The maximum Gasteiger partial charge on any atom is 0.306 e. The molecule has 0 bridgehead atoms. The van der Waals surface area contributed by atoms with Crippen molar-refractivity contribution in [2.24, 2.45) is 0 Å². The van der Waals surface area contributed by atoms with Gasteiger partial charge in [-0.05, 0) is 70.0 Å². The maximum atomic E-state index is 13.3. The van der Waals surface area contributed by atoms with E-state index in [1.54, 1.807) is 13.2 Å². The lowest BCUT2D eigenvalue weighted by atomic mass is 9.98. The highest BCUT2D eigenvalue weighted by molar-refractivity contribution is 6.74. The number of ether oxygens (including phenoxy) is 5. The number of carbonyl (C=O) groups excluding carboxylic acids is 1. The van der Waals surface area contributed by atoms with Gasteiger partial charge in [0.25, 0.3) is 0 Å². The fourth-order valence-electron chi connectivity index (χ4n) is 6.36. The first-order chi connectivity index (χ1) is 25.4. The number of hydrogen-bond donors (Lipinski definition) is 1. The third kappa shape index (κ3) is 22.2. The number of aliphatic hydroxyl groups excluding tert-OH is 1. The fraction of sp³-hybridized carbons (Fsp3) is 0.886. The van der Waals surface area contributed by atoms with Crippen molar-refractivity contribution < 1.29 is 38.0 Å². The lowest BCUT2D eigenvalue weighted by Gasteiger charge is -2.45. The molecule has 0 aromatic carbocycles. The fourth-order valence-corrected chi connectivity index (χ4v) is 7.37. The SMILES string of the molecule is C/C=C/O[C@H]1O[C@H](CO[Si](C)(C)C(C)(C)C)[C@@H](O)[C@H](OCC[C@@H](CCCCCCC)OC)[C@H]1OC(=O)CCCCCCCCC/C=C\CCCCCC. The third-order valence-electron chi connectivity index (χ3n) is 11.0. The zero-order valence-electron chi connectivity index (χ0n) is 35.8. The minimum atomic E-state index is -2.13. The van der Waals surface area contributed by atoms with Gasteiger partial charge < -0.3 is 33.2 Å². The minimum Gasteiger partial charge on any atom is -0.469 e. The van der Waals surface area contributed by atoms with Crippen molar-refractivity contribution in [2.75, 3.05) is 20.3 Å². The summed E-state index contributed by atoms with van der Waals surface area (Å²) in [6.45, 7) is 17.8. The second-order valence-electron chi connectivity index (χ2n) is 16.7. The zero-order chi connectivity index (χ0) is 39.4. The highest BCUT2D eigenvalue weighted by atomic mass is 28.4. The van der Waals surface area contributed by atoms with E-state index in [0.29, 0.717) is 19.4 Å². The Kier molecular flexibility index (Phi) is 28.2. The van der Waals surface area contributed by atoms with Crippen LogP contribution >= 0.6 is 0 Å². The summed E-state index contributed by atoms with van der Waals surface area (Å²) < 4.78 is 37.0. The molecule has 1 fully saturated rings. The standard InChI is InChI=1S/C44H84O8Si/c1-10-13-15-17-18-19-20-21-22-23-24-25-26-28-30-32-39(45)52-42-41(48-35-33-37(47-7)31-29-27-16-14-11-2)40(46)38(51-43(42)49-34-12-3)36-50-53(8,9)44(4,5)6/h12,19-20,34,37-38,40-43,46H,10-11,13-18,21-33,35-36H2,1-9H3/b20-19-,34-12+/t37-,38-,40-,41+,42-,43+/m1/s1. The van der Waals surface area contributed by atoms with Crippen LogP contribution in [-0.4, -0.2) is 76.5 Å². The van der Waals surface area contributed by atoms with Crippen molar-refractivity contribution in [3.05, 3.63) is 24.5 Å². The molecule has 53 heavy (non-hydrogen) atoms. The van der Waals surface area contributed by atoms with Crippen LogP contribution in [0.4, 0.5) is 0 Å². The topological polar surface area (TPSA) is 92.7 Å². The van der Waals surface area contributed by atoms with Crippen LogP contribution in [-0.2, 0) is 32.9 Å². The van der Waals surface area contributed by atoms with E-state index in [4.69, 9.17) is 28.1 Å². The van der Waals surface area contributed by atoms with Gasteiger partial charge in [0.05, 0.1) is 19.0 Å². The molecule has 6 atom stereocenters. The number of allylic oxidation sites excluding steroid dienone is 3. The summed E-state index contributed by atoms with van der Waals surface area (Å²) in [6.07, 6.45) is 27.1. The van der Waals surface area contributed by atoms with Crippen molar-refractivity contribution in [3.63, 3.8) is 0 Å². The number of methoxy groups -OCH3 is 1. The Morgan fingerprint density at radius 2 is 1.38 bits per heavy atom. The highest BCUT2D eigenvalue weighted by Crippen LogP contribution is 2.37. The van der Waals surface area contributed by atoms with Gasteiger partial charge in [0, 0.05) is 20.1 Å². The summed E-state index contributed by atoms with van der Waals surface area (Å²) >= 11 is 0. The van der Waals surface area contributed by atoms with Crippen molar-refractivity contribution in [1.29, 1.82) is 0 Å². The van der Waals surface area contributed by atoms with Gasteiger partial charge in [0.1, 0.15) is 18.3 Å². The van der Waals surface area contributed by atoms with Crippen LogP contribution in [0.15, 0.2) is 24.5 Å². The van der Waals surface area contributed by atoms with Gasteiger partial charge in [-0.15, -0.1) is 0 Å². The summed E-state index contributed by atoms with van der Waals surface area (Å²) in [4.78, 5) is 13.3. The van der Waals surface area contributed by atoms with Gasteiger partial charge >= 0.3 is 5.97 Å².